The van der Waals surface area contributed by atoms with Crippen LogP contribution in [-0.4, -0.2) is 6.54 Å². The highest BCUT2D eigenvalue weighted by molar-refractivity contribution is 5.20. The van der Waals surface area contributed by atoms with Gasteiger partial charge in [0.1, 0.15) is 5.82 Å². The summed E-state index contributed by atoms with van der Waals surface area (Å²) in [6.45, 7) is 12.0. The van der Waals surface area contributed by atoms with E-state index < -0.39 is 0 Å². The average molecular weight is 251 g/mol. The number of benzene rings is 1. The lowest BCUT2D eigenvalue weighted by molar-refractivity contribution is 0.224. The van der Waals surface area contributed by atoms with Gasteiger partial charge >= 0.3 is 0 Å². The van der Waals surface area contributed by atoms with Crippen LogP contribution >= 0.6 is 0 Å². The van der Waals surface area contributed by atoms with Gasteiger partial charge in [0, 0.05) is 6.04 Å². The molecule has 0 aliphatic rings. The van der Waals surface area contributed by atoms with Crippen LogP contribution in [0.5, 0.6) is 0 Å². The SMILES string of the molecule is CCNC(CC(C)C(C)(C)C)c1cccc(F)c1. The first kappa shape index (κ1) is 15.2. The van der Waals surface area contributed by atoms with Crippen molar-refractivity contribution in [3.05, 3.63) is 35.6 Å². The van der Waals surface area contributed by atoms with Gasteiger partial charge in [0.15, 0.2) is 0 Å². The molecule has 0 aliphatic heterocycles. The van der Waals surface area contributed by atoms with E-state index in [-0.39, 0.29) is 17.3 Å². The fourth-order valence-corrected chi connectivity index (χ4v) is 2.01. The second kappa shape index (κ2) is 6.33. The lowest BCUT2D eigenvalue weighted by atomic mass is 9.77. The van der Waals surface area contributed by atoms with Crippen LogP contribution in [0.2, 0.25) is 0 Å². The van der Waals surface area contributed by atoms with Crippen LogP contribution in [0.1, 0.15) is 52.6 Å². The van der Waals surface area contributed by atoms with Crippen molar-refractivity contribution in [1.82, 2.24) is 5.32 Å². The topological polar surface area (TPSA) is 12.0 Å². The minimum Gasteiger partial charge on any atom is -0.310 e. The third-order valence-electron chi connectivity index (χ3n) is 3.77. The van der Waals surface area contributed by atoms with Crippen LogP contribution in [0.25, 0.3) is 0 Å². The first-order valence-electron chi connectivity index (χ1n) is 6.83. The van der Waals surface area contributed by atoms with Gasteiger partial charge in [-0.05, 0) is 42.0 Å². The number of hydrogen-bond donors (Lipinski definition) is 1. The Kier molecular flexibility index (Phi) is 5.33. The van der Waals surface area contributed by atoms with Gasteiger partial charge in [0.25, 0.3) is 0 Å². The van der Waals surface area contributed by atoms with E-state index in [1.54, 1.807) is 12.1 Å². The van der Waals surface area contributed by atoms with Crippen molar-refractivity contribution in [2.45, 2.75) is 47.1 Å². The predicted molar refractivity (Wildman–Crippen MR) is 76.1 cm³/mol. The molecule has 0 radical (unpaired) electrons. The van der Waals surface area contributed by atoms with Crippen molar-refractivity contribution in [2.24, 2.45) is 11.3 Å². The number of nitrogens with one attached hydrogen (secondary N) is 1. The molecule has 0 saturated heterocycles. The number of rotatable bonds is 5. The van der Waals surface area contributed by atoms with Gasteiger partial charge < -0.3 is 5.32 Å². The van der Waals surface area contributed by atoms with E-state index >= 15 is 0 Å². The maximum atomic E-state index is 13.3. The molecule has 102 valence electrons. The molecule has 2 unspecified atom stereocenters. The van der Waals surface area contributed by atoms with Crippen LogP contribution in [-0.2, 0) is 0 Å². The Morgan fingerprint density at radius 1 is 1.28 bits per heavy atom. The Labute approximate surface area is 111 Å². The van der Waals surface area contributed by atoms with E-state index in [4.69, 9.17) is 0 Å². The molecule has 0 heterocycles. The quantitative estimate of drug-likeness (QED) is 0.809. The Morgan fingerprint density at radius 3 is 2.44 bits per heavy atom. The summed E-state index contributed by atoms with van der Waals surface area (Å²) in [4.78, 5) is 0. The van der Waals surface area contributed by atoms with Crippen LogP contribution in [0.3, 0.4) is 0 Å². The van der Waals surface area contributed by atoms with E-state index in [9.17, 15) is 4.39 Å². The summed E-state index contributed by atoms with van der Waals surface area (Å²) >= 11 is 0. The largest absolute Gasteiger partial charge is 0.310 e. The van der Waals surface area contributed by atoms with E-state index in [0.29, 0.717) is 5.92 Å². The van der Waals surface area contributed by atoms with Gasteiger partial charge in [-0.25, -0.2) is 4.39 Å². The molecule has 0 spiro atoms. The van der Waals surface area contributed by atoms with Crippen LogP contribution in [0.4, 0.5) is 4.39 Å². The van der Waals surface area contributed by atoms with E-state index in [0.717, 1.165) is 18.5 Å². The lowest BCUT2D eigenvalue weighted by Gasteiger charge is -2.31. The van der Waals surface area contributed by atoms with Gasteiger partial charge in [-0.15, -0.1) is 0 Å². The molecule has 2 heteroatoms. The highest BCUT2D eigenvalue weighted by Gasteiger charge is 2.24. The summed E-state index contributed by atoms with van der Waals surface area (Å²) in [5.74, 6) is 0.420. The minimum atomic E-state index is -0.154. The van der Waals surface area contributed by atoms with Crippen molar-refractivity contribution >= 4 is 0 Å². The lowest BCUT2D eigenvalue weighted by Crippen LogP contribution is -2.27. The summed E-state index contributed by atoms with van der Waals surface area (Å²) in [6.07, 6.45) is 1.03. The third kappa shape index (κ3) is 4.41. The summed E-state index contributed by atoms with van der Waals surface area (Å²) in [5.41, 5.74) is 1.33. The molecule has 1 nitrogen and oxygen atoms in total. The molecule has 0 saturated carbocycles. The molecule has 0 fully saturated rings. The zero-order chi connectivity index (χ0) is 13.8. The summed E-state index contributed by atoms with van der Waals surface area (Å²) in [5, 5.41) is 3.46. The Bertz CT molecular complexity index is 368. The maximum absolute atomic E-state index is 13.3. The smallest absolute Gasteiger partial charge is 0.123 e. The summed E-state index contributed by atoms with van der Waals surface area (Å²) in [6, 6.07) is 7.17. The highest BCUT2D eigenvalue weighted by Crippen LogP contribution is 2.33. The second-order valence-electron chi connectivity index (χ2n) is 6.17. The Morgan fingerprint density at radius 2 is 1.94 bits per heavy atom. The van der Waals surface area contributed by atoms with Crippen LogP contribution in [0.15, 0.2) is 24.3 Å². The number of halogens is 1. The summed E-state index contributed by atoms with van der Waals surface area (Å²) < 4.78 is 13.3. The van der Waals surface area contributed by atoms with Crippen LogP contribution < -0.4 is 5.32 Å². The standard InChI is InChI=1S/C16H26FN/c1-6-18-15(10-12(2)16(3,4)5)13-8-7-9-14(17)11-13/h7-9,11-12,15,18H,6,10H2,1-5H3. The normalized spacial score (nSPS) is 15.4. The van der Waals surface area contributed by atoms with Crippen molar-refractivity contribution in [3.8, 4) is 0 Å². The average Bonchev–Trinajstić information content (AvgIpc) is 2.27. The molecule has 1 aromatic rings. The van der Waals surface area contributed by atoms with Crippen molar-refractivity contribution < 1.29 is 4.39 Å². The van der Waals surface area contributed by atoms with Crippen LogP contribution in [0, 0.1) is 17.2 Å². The van der Waals surface area contributed by atoms with Gasteiger partial charge in [0.2, 0.25) is 0 Å². The third-order valence-corrected chi connectivity index (χ3v) is 3.77. The molecule has 18 heavy (non-hydrogen) atoms. The molecular formula is C16H26FN. The van der Waals surface area contributed by atoms with Gasteiger partial charge in [0.05, 0.1) is 0 Å². The zero-order valence-corrected chi connectivity index (χ0v) is 12.3. The van der Waals surface area contributed by atoms with E-state index in [1.165, 1.54) is 6.07 Å². The van der Waals surface area contributed by atoms with Crippen molar-refractivity contribution in [2.75, 3.05) is 6.54 Å². The van der Waals surface area contributed by atoms with E-state index in [1.807, 2.05) is 6.07 Å². The summed E-state index contributed by atoms with van der Waals surface area (Å²) in [7, 11) is 0. The molecule has 0 aromatic heterocycles. The maximum Gasteiger partial charge on any atom is 0.123 e. The van der Waals surface area contributed by atoms with E-state index in [2.05, 4.69) is 39.9 Å². The molecular weight excluding hydrogens is 225 g/mol. The fourth-order valence-electron chi connectivity index (χ4n) is 2.01. The van der Waals surface area contributed by atoms with Gasteiger partial charge in [-0.3, -0.25) is 0 Å². The molecule has 0 bridgehead atoms. The number of hydrogen-bond acceptors (Lipinski definition) is 1. The Hall–Kier alpha value is -0.890. The molecule has 0 aliphatic carbocycles. The fraction of sp³-hybridized carbons (Fsp3) is 0.625. The van der Waals surface area contributed by atoms with Gasteiger partial charge in [-0.2, -0.15) is 0 Å². The highest BCUT2D eigenvalue weighted by atomic mass is 19.1. The van der Waals surface area contributed by atoms with Crippen molar-refractivity contribution in [1.29, 1.82) is 0 Å². The predicted octanol–water partition coefficient (Wildman–Crippen LogP) is 4.55. The Balaban J connectivity index is 2.83. The first-order valence-corrected chi connectivity index (χ1v) is 6.83. The van der Waals surface area contributed by atoms with Gasteiger partial charge in [-0.1, -0.05) is 46.8 Å². The molecule has 2 atom stereocenters. The second-order valence-corrected chi connectivity index (χ2v) is 6.17. The first-order chi connectivity index (χ1) is 8.34. The minimum absolute atomic E-state index is 0.154. The monoisotopic (exact) mass is 251 g/mol. The molecule has 1 N–H and O–H groups in total. The zero-order valence-electron chi connectivity index (χ0n) is 12.3. The molecule has 1 rings (SSSR count). The molecule has 1 aromatic carbocycles. The molecule has 0 amide bonds. The van der Waals surface area contributed by atoms with Crippen molar-refractivity contribution in [3.63, 3.8) is 0 Å².